The molecule has 28 heavy (non-hydrogen) atoms. The Morgan fingerprint density at radius 3 is 2.71 bits per heavy atom. The molecule has 2 rings (SSSR count). The lowest BCUT2D eigenvalue weighted by molar-refractivity contribution is -0.123. The Morgan fingerprint density at radius 1 is 1.39 bits per heavy atom. The van der Waals surface area contributed by atoms with Crippen LogP contribution in [0.25, 0.3) is 6.08 Å². The molecule has 0 saturated carbocycles. The molecule has 0 radical (unpaired) electrons. The summed E-state index contributed by atoms with van der Waals surface area (Å²) in [5, 5.41) is 12.5. The minimum Gasteiger partial charge on any atom is -0.508 e. The summed E-state index contributed by atoms with van der Waals surface area (Å²) in [6.45, 7) is 9.70. The second-order valence-corrected chi connectivity index (χ2v) is 7.12. The summed E-state index contributed by atoms with van der Waals surface area (Å²) < 4.78 is 20.0. The molecule has 0 unspecified atom stereocenters. The average molecular weight is 406 g/mol. The molecule has 0 aliphatic heterocycles. The number of rotatable bonds is 8. The number of halogens is 2. The van der Waals surface area contributed by atoms with Crippen LogP contribution in [0.4, 0.5) is 4.39 Å². The van der Waals surface area contributed by atoms with Gasteiger partial charge in [-0.25, -0.2) is 4.39 Å². The molecule has 2 aromatic rings. The van der Waals surface area contributed by atoms with E-state index < -0.39 is 5.82 Å². The van der Waals surface area contributed by atoms with Gasteiger partial charge in [0.05, 0.1) is 5.02 Å². The number of amides is 1. The maximum atomic E-state index is 14.7. The molecular weight excluding hydrogens is 381 g/mol. The zero-order valence-corrected chi connectivity index (χ0v) is 17.1. The monoisotopic (exact) mass is 405 g/mol. The summed E-state index contributed by atoms with van der Waals surface area (Å²) >= 11 is 6.29. The summed E-state index contributed by atoms with van der Waals surface area (Å²) in [7, 11) is 0. The van der Waals surface area contributed by atoms with E-state index in [0.29, 0.717) is 24.1 Å². The first-order valence-electron chi connectivity index (χ1n) is 9.13. The van der Waals surface area contributed by atoms with E-state index in [1.807, 2.05) is 19.9 Å². The molecule has 0 aliphatic rings. The van der Waals surface area contributed by atoms with Gasteiger partial charge in [-0.15, -0.1) is 0 Å². The van der Waals surface area contributed by atoms with Crippen molar-refractivity contribution < 1.29 is 19.0 Å². The molecular formula is C22H25ClFNO3. The summed E-state index contributed by atoms with van der Waals surface area (Å²) in [4.78, 5) is 11.6. The predicted molar refractivity (Wildman–Crippen MR) is 111 cm³/mol. The van der Waals surface area contributed by atoms with Crippen molar-refractivity contribution in [2.24, 2.45) is 0 Å². The molecule has 6 heteroatoms. The Bertz CT molecular complexity index is 881. The Kier molecular flexibility index (Phi) is 7.46. The number of phenolic OH excluding ortho intramolecular Hbond substituents is 1. The van der Waals surface area contributed by atoms with Crippen LogP contribution in [0, 0.1) is 5.82 Å². The highest BCUT2D eigenvalue weighted by molar-refractivity contribution is 6.32. The smallest absolute Gasteiger partial charge is 0.257 e. The number of aromatic hydroxyl groups is 1. The third-order valence-corrected chi connectivity index (χ3v) is 4.75. The van der Waals surface area contributed by atoms with Crippen LogP contribution in [0.2, 0.25) is 5.02 Å². The maximum absolute atomic E-state index is 14.7. The number of hydrogen-bond donors (Lipinski definition) is 2. The summed E-state index contributed by atoms with van der Waals surface area (Å²) in [6, 6.07) is 6.79. The highest BCUT2D eigenvalue weighted by Crippen LogP contribution is 2.35. The maximum Gasteiger partial charge on any atom is 0.257 e. The minimum absolute atomic E-state index is 0.0672. The Hall–Kier alpha value is -2.53. The molecule has 0 saturated heterocycles. The molecule has 0 bridgehead atoms. The molecule has 0 aromatic heterocycles. The van der Waals surface area contributed by atoms with Crippen LogP contribution in [0.1, 0.15) is 48.9 Å². The molecule has 0 heterocycles. The van der Waals surface area contributed by atoms with Crippen LogP contribution in [-0.4, -0.2) is 24.2 Å². The van der Waals surface area contributed by atoms with E-state index in [4.69, 9.17) is 16.3 Å². The fraction of sp³-hybridized carbons (Fsp3) is 0.318. The molecule has 0 aliphatic carbocycles. The van der Waals surface area contributed by atoms with Gasteiger partial charge in [0.25, 0.3) is 5.91 Å². The van der Waals surface area contributed by atoms with Gasteiger partial charge >= 0.3 is 0 Å². The van der Waals surface area contributed by atoms with Crippen LogP contribution >= 0.6 is 11.6 Å². The normalized spacial score (nSPS) is 10.8. The third kappa shape index (κ3) is 5.04. The summed E-state index contributed by atoms with van der Waals surface area (Å²) in [5.74, 6) is -0.768. The lowest BCUT2D eigenvalue weighted by atomic mass is 9.94. The molecule has 150 valence electrons. The molecule has 0 spiro atoms. The zero-order valence-electron chi connectivity index (χ0n) is 16.3. The quantitative estimate of drug-likeness (QED) is 0.645. The molecule has 0 atom stereocenters. The van der Waals surface area contributed by atoms with Crippen LogP contribution < -0.4 is 10.1 Å². The standard InChI is InChI=1S/C22H25ClFNO3/c1-5-15-11-19(28-12-20(27)25-6-2)22(24)21(23)17(15)10-14-7-8-18(26)16(9-14)13(3)4/h5,7-9,11,13,26H,1,6,10,12H2,2-4H3,(H,25,27). The first-order chi connectivity index (χ1) is 13.3. The van der Waals surface area contributed by atoms with E-state index in [1.54, 1.807) is 25.1 Å². The highest BCUT2D eigenvalue weighted by atomic mass is 35.5. The van der Waals surface area contributed by atoms with Crippen molar-refractivity contribution in [2.45, 2.75) is 33.1 Å². The predicted octanol–water partition coefficient (Wildman–Crippen LogP) is 5.06. The number of carbonyl (C=O) groups is 1. The van der Waals surface area contributed by atoms with Gasteiger partial charge in [0.2, 0.25) is 0 Å². The summed E-state index contributed by atoms with van der Waals surface area (Å²) in [5.41, 5.74) is 2.90. The Morgan fingerprint density at radius 2 is 2.11 bits per heavy atom. The Balaban J connectivity index is 2.35. The molecule has 1 amide bonds. The fourth-order valence-corrected chi connectivity index (χ4v) is 3.17. The van der Waals surface area contributed by atoms with Crippen LogP contribution in [0.15, 0.2) is 30.8 Å². The van der Waals surface area contributed by atoms with Gasteiger partial charge in [-0.1, -0.05) is 50.2 Å². The Labute approximate surface area is 170 Å². The van der Waals surface area contributed by atoms with E-state index in [9.17, 15) is 14.3 Å². The van der Waals surface area contributed by atoms with Gasteiger partial charge in [-0.3, -0.25) is 4.79 Å². The number of hydrogen-bond acceptors (Lipinski definition) is 3. The number of carbonyl (C=O) groups excluding carboxylic acids is 1. The van der Waals surface area contributed by atoms with Crippen molar-refractivity contribution in [1.82, 2.24) is 5.32 Å². The summed E-state index contributed by atoms with van der Waals surface area (Å²) in [6.07, 6.45) is 1.94. The van der Waals surface area contributed by atoms with Crippen LogP contribution in [-0.2, 0) is 11.2 Å². The number of likely N-dealkylation sites (N-methyl/N-ethyl adjacent to an activating group) is 1. The van der Waals surface area contributed by atoms with Gasteiger partial charge in [-0.2, -0.15) is 0 Å². The topological polar surface area (TPSA) is 58.6 Å². The largest absolute Gasteiger partial charge is 0.508 e. The van der Waals surface area contributed by atoms with E-state index in [1.165, 1.54) is 6.07 Å². The van der Waals surface area contributed by atoms with Crippen molar-refractivity contribution in [2.75, 3.05) is 13.2 Å². The average Bonchev–Trinajstić information content (AvgIpc) is 2.66. The van der Waals surface area contributed by atoms with E-state index in [2.05, 4.69) is 11.9 Å². The lowest BCUT2D eigenvalue weighted by Gasteiger charge is -2.16. The minimum atomic E-state index is -0.713. The molecule has 2 aromatic carbocycles. The lowest BCUT2D eigenvalue weighted by Crippen LogP contribution is -2.28. The van der Waals surface area contributed by atoms with Gasteiger partial charge in [0.1, 0.15) is 5.75 Å². The molecule has 4 nitrogen and oxygen atoms in total. The van der Waals surface area contributed by atoms with E-state index in [-0.39, 0.29) is 35.0 Å². The van der Waals surface area contributed by atoms with E-state index >= 15 is 0 Å². The van der Waals surface area contributed by atoms with Crippen molar-refractivity contribution in [3.63, 3.8) is 0 Å². The highest BCUT2D eigenvalue weighted by Gasteiger charge is 2.18. The second kappa shape index (κ2) is 9.60. The van der Waals surface area contributed by atoms with Gasteiger partial charge in [0, 0.05) is 6.54 Å². The number of nitrogens with one attached hydrogen (secondary N) is 1. The molecule has 0 fully saturated rings. The number of benzene rings is 2. The number of phenols is 1. The van der Waals surface area contributed by atoms with Crippen molar-refractivity contribution in [3.05, 3.63) is 63.9 Å². The van der Waals surface area contributed by atoms with Gasteiger partial charge in [-0.05, 0) is 53.6 Å². The SMILES string of the molecule is C=Cc1cc(OCC(=O)NCC)c(F)c(Cl)c1Cc1ccc(O)c(C(C)C)c1. The molecule has 2 N–H and O–H groups in total. The third-order valence-electron chi connectivity index (χ3n) is 4.36. The van der Waals surface area contributed by atoms with Crippen molar-refractivity contribution in [1.29, 1.82) is 0 Å². The second-order valence-electron chi connectivity index (χ2n) is 6.74. The fourth-order valence-electron chi connectivity index (χ4n) is 2.90. The van der Waals surface area contributed by atoms with Crippen LogP contribution in [0.3, 0.4) is 0 Å². The zero-order chi connectivity index (χ0) is 20.8. The van der Waals surface area contributed by atoms with Crippen molar-refractivity contribution >= 4 is 23.6 Å². The first-order valence-corrected chi connectivity index (χ1v) is 9.50. The first kappa shape index (κ1) is 21.8. The van der Waals surface area contributed by atoms with Gasteiger partial charge < -0.3 is 15.2 Å². The van der Waals surface area contributed by atoms with E-state index in [0.717, 1.165) is 11.1 Å². The number of ether oxygens (including phenoxy) is 1. The van der Waals surface area contributed by atoms with Crippen molar-refractivity contribution in [3.8, 4) is 11.5 Å². The van der Waals surface area contributed by atoms with Gasteiger partial charge in [0.15, 0.2) is 18.2 Å². The van der Waals surface area contributed by atoms with Crippen LogP contribution in [0.5, 0.6) is 11.5 Å².